The fourth-order valence-electron chi connectivity index (χ4n) is 3.33. The fraction of sp³-hybridized carbons (Fsp3) is 0.520. The highest BCUT2D eigenvalue weighted by atomic mass is 32.2. The first-order valence-electron chi connectivity index (χ1n) is 11.1. The average Bonchev–Trinajstić information content (AvgIpc) is 3.15. The first kappa shape index (κ1) is 25.2. The van der Waals surface area contributed by atoms with Crippen LogP contribution in [0.5, 0.6) is 0 Å². The highest BCUT2D eigenvalue weighted by Gasteiger charge is 2.26. The maximum atomic E-state index is 12.0. The molecule has 6 heteroatoms. The van der Waals surface area contributed by atoms with E-state index < -0.39 is 0 Å². The zero-order valence-electron chi connectivity index (χ0n) is 18.6. The van der Waals surface area contributed by atoms with Gasteiger partial charge in [-0.3, -0.25) is 4.79 Å². The molecule has 0 spiro atoms. The number of carbonyl (C=O) groups excluding carboxylic acids is 2. The van der Waals surface area contributed by atoms with Crippen molar-refractivity contribution in [3.8, 4) is 0 Å². The molecule has 1 aromatic rings. The van der Waals surface area contributed by atoms with E-state index in [2.05, 4.69) is 41.2 Å². The van der Waals surface area contributed by atoms with Gasteiger partial charge in [-0.2, -0.15) is 0 Å². The van der Waals surface area contributed by atoms with Gasteiger partial charge in [-0.25, -0.2) is 4.79 Å². The molecule has 31 heavy (non-hydrogen) atoms. The van der Waals surface area contributed by atoms with Gasteiger partial charge in [0, 0.05) is 36.0 Å². The summed E-state index contributed by atoms with van der Waals surface area (Å²) in [6.07, 6.45) is 10.3. The molecule has 1 aliphatic rings. The number of thioether (sulfide) groups is 1. The van der Waals surface area contributed by atoms with Gasteiger partial charge >= 0.3 is 11.9 Å². The minimum Gasteiger partial charge on any atom is -0.467 e. The standard InChI is InChI=1S/C25H34O5S/c1-3-10-23(26)30-22-16-15-21(14-8-7-13-20-11-5-4-6-12-20)25(22)31-18-9-17-29-19-24(27)28-2/h4-6,8,11-12,14,21H,3,7,9-10,13,15-19H2,1-2H3/b14-8+. The third-order valence-electron chi connectivity index (χ3n) is 4.93. The Bertz CT molecular complexity index is 742. The second kappa shape index (κ2) is 14.9. The summed E-state index contributed by atoms with van der Waals surface area (Å²) >= 11 is 1.73. The quantitative estimate of drug-likeness (QED) is 0.215. The molecule has 0 saturated heterocycles. The number of methoxy groups -OCH3 is 1. The number of aryl methyl sites for hydroxylation is 1. The first-order chi connectivity index (χ1) is 15.1. The summed E-state index contributed by atoms with van der Waals surface area (Å²) in [4.78, 5) is 24.3. The molecule has 1 atom stereocenters. The fourth-order valence-corrected chi connectivity index (χ4v) is 4.52. The Morgan fingerprint density at radius 3 is 2.74 bits per heavy atom. The van der Waals surface area contributed by atoms with E-state index in [0.717, 1.165) is 54.9 Å². The summed E-state index contributed by atoms with van der Waals surface area (Å²) in [7, 11) is 1.35. The van der Waals surface area contributed by atoms with E-state index in [9.17, 15) is 9.59 Å². The topological polar surface area (TPSA) is 61.8 Å². The van der Waals surface area contributed by atoms with E-state index in [-0.39, 0.29) is 18.5 Å². The maximum Gasteiger partial charge on any atom is 0.331 e. The van der Waals surface area contributed by atoms with Crippen LogP contribution in [0.25, 0.3) is 0 Å². The third kappa shape index (κ3) is 9.74. The van der Waals surface area contributed by atoms with Crippen molar-refractivity contribution in [2.45, 2.75) is 51.9 Å². The lowest BCUT2D eigenvalue weighted by atomic mass is 10.1. The predicted octanol–water partition coefficient (Wildman–Crippen LogP) is 5.45. The van der Waals surface area contributed by atoms with Crippen molar-refractivity contribution < 1.29 is 23.8 Å². The van der Waals surface area contributed by atoms with Gasteiger partial charge < -0.3 is 14.2 Å². The lowest BCUT2D eigenvalue weighted by molar-refractivity contribution is -0.145. The Balaban J connectivity index is 1.87. The van der Waals surface area contributed by atoms with Crippen LogP contribution in [0.2, 0.25) is 0 Å². The molecular formula is C25H34O5S. The summed E-state index contributed by atoms with van der Waals surface area (Å²) in [5.74, 6) is 1.46. The summed E-state index contributed by atoms with van der Waals surface area (Å²) in [6.45, 7) is 2.46. The Hall–Kier alpha value is -2.05. The number of carbonyl (C=O) groups is 2. The van der Waals surface area contributed by atoms with E-state index >= 15 is 0 Å². The van der Waals surface area contributed by atoms with Gasteiger partial charge in [0.2, 0.25) is 0 Å². The van der Waals surface area contributed by atoms with Gasteiger partial charge in [-0.05, 0) is 37.7 Å². The average molecular weight is 447 g/mol. The molecule has 0 heterocycles. The van der Waals surface area contributed by atoms with Gasteiger partial charge in [-0.15, -0.1) is 11.8 Å². The third-order valence-corrected chi connectivity index (χ3v) is 6.27. The number of allylic oxidation sites excluding steroid dienone is 4. The smallest absolute Gasteiger partial charge is 0.331 e. The predicted molar refractivity (Wildman–Crippen MR) is 125 cm³/mol. The molecule has 170 valence electrons. The lowest BCUT2D eigenvalue weighted by Gasteiger charge is -2.12. The largest absolute Gasteiger partial charge is 0.467 e. The van der Waals surface area contributed by atoms with Crippen LogP contribution in [0.3, 0.4) is 0 Å². The second-order valence-corrected chi connectivity index (χ2v) is 8.58. The van der Waals surface area contributed by atoms with E-state index in [1.807, 2.05) is 13.0 Å². The minimum absolute atomic E-state index is 0.0173. The van der Waals surface area contributed by atoms with Crippen LogP contribution >= 0.6 is 11.8 Å². The van der Waals surface area contributed by atoms with E-state index in [1.165, 1.54) is 12.7 Å². The molecule has 0 saturated carbocycles. The summed E-state index contributed by atoms with van der Waals surface area (Å²) in [6, 6.07) is 10.5. The second-order valence-electron chi connectivity index (χ2n) is 7.44. The molecule has 1 aromatic carbocycles. The summed E-state index contributed by atoms with van der Waals surface area (Å²) in [5, 5.41) is 0. The van der Waals surface area contributed by atoms with Crippen LogP contribution < -0.4 is 0 Å². The van der Waals surface area contributed by atoms with E-state index in [1.54, 1.807) is 11.8 Å². The monoisotopic (exact) mass is 446 g/mol. The molecule has 1 unspecified atom stereocenters. The molecule has 0 amide bonds. The summed E-state index contributed by atoms with van der Waals surface area (Å²) in [5.41, 5.74) is 1.34. The number of hydrogen-bond donors (Lipinski definition) is 0. The van der Waals surface area contributed by atoms with Crippen molar-refractivity contribution in [1.29, 1.82) is 0 Å². The number of hydrogen-bond acceptors (Lipinski definition) is 6. The van der Waals surface area contributed by atoms with Gasteiger partial charge in [0.05, 0.1) is 7.11 Å². The number of benzene rings is 1. The molecule has 0 bridgehead atoms. The van der Waals surface area contributed by atoms with Crippen LogP contribution in [-0.4, -0.2) is 38.0 Å². The zero-order valence-corrected chi connectivity index (χ0v) is 19.5. The Labute approximate surface area is 190 Å². The van der Waals surface area contributed by atoms with E-state index in [0.29, 0.717) is 18.9 Å². The molecule has 1 aliphatic carbocycles. The lowest BCUT2D eigenvalue weighted by Crippen LogP contribution is -2.11. The Morgan fingerprint density at radius 1 is 1.19 bits per heavy atom. The highest BCUT2D eigenvalue weighted by Crippen LogP contribution is 2.41. The maximum absolute atomic E-state index is 12.0. The van der Waals surface area contributed by atoms with Crippen LogP contribution in [0, 0.1) is 5.92 Å². The van der Waals surface area contributed by atoms with Crippen molar-refractivity contribution in [1.82, 2.24) is 0 Å². The molecular weight excluding hydrogens is 412 g/mol. The zero-order chi connectivity index (χ0) is 22.3. The molecule has 2 rings (SSSR count). The van der Waals surface area contributed by atoms with Crippen LogP contribution in [0.4, 0.5) is 0 Å². The molecule has 5 nitrogen and oxygen atoms in total. The normalized spacial score (nSPS) is 16.1. The van der Waals surface area contributed by atoms with Crippen molar-refractivity contribution >= 4 is 23.7 Å². The summed E-state index contributed by atoms with van der Waals surface area (Å²) < 4.78 is 15.6. The SMILES string of the molecule is CCCC(=O)OC1=C(SCCCOCC(=O)OC)C(/C=C/CCc2ccccc2)CC1. The van der Waals surface area contributed by atoms with Gasteiger partial charge in [0.25, 0.3) is 0 Å². The minimum atomic E-state index is -0.364. The number of rotatable bonds is 14. The Kier molecular flexibility index (Phi) is 12.1. The number of ether oxygens (including phenoxy) is 3. The van der Waals surface area contributed by atoms with Crippen molar-refractivity contribution in [2.75, 3.05) is 26.1 Å². The number of esters is 2. The van der Waals surface area contributed by atoms with E-state index in [4.69, 9.17) is 9.47 Å². The Morgan fingerprint density at radius 2 is 2.00 bits per heavy atom. The van der Waals surface area contributed by atoms with Crippen LogP contribution in [0.15, 0.2) is 53.1 Å². The van der Waals surface area contributed by atoms with Crippen molar-refractivity contribution in [2.24, 2.45) is 5.92 Å². The van der Waals surface area contributed by atoms with Crippen molar-refractivity contribution in [3.63, 3.8) is 0 Å². The van der Waals surface area contributed by atoms with Crippen LogP contribution in [0.1, 0.15) is 51.0 Å². The first-order valence-corrected chi connectivity index (χ1v) is 12.0. The van der Waals surface area contributed by atoms with Gasteiger partial charge in [0.1, 0.15) is 12.4 Å². The molecule has 0 aliphatic heterocycles. The highest BCUT2D eigenvalue weighted by molar-refractivity contribution is 8.03. The molecule has 0 radical (unpaired) electrons. The van der Waals surface area contributed by atoms with Crippen LogP contribution in [-0.2, 0) is 30.2 Å². The molecule has 0 N–H and O–H groups in total. The molecule has 0 fully saturated rings. The van der Waals surface area contributed by atoms with Crippen molar-refractivity contribution in [3.05, 3.63) is 58.7 Å². The van der Waals surface area contributed by atoms with Gasteiger partial charge in [0.15, 0.2) is 0 Å². The van der Waals surface area contributed by atoms with Gasteiger partial charge in [-0.1, -0.05) is 49.4 Å². The molecule has 0 aromatic heterocycles.